The SMILES string of the molecule is CCNC(=NCc1ccnc(OCc2ccccc2)c1)NCC(C)(O)c1cccs1. The summed E-state index contributed by atoms with van der Waals surface area (Å²) in [6.45, 7) is 5.85. The molecule has 0 saturated heterocycles. The number of nitrogens with zero attached hydrogens (tertiary/aromatic N) is 2. The van der Waals surface area contributed by atoms with Crippen molar-refractivity contribution < 1.29 is 9.84 Å². The summed E-state index contributed by atoms with van der Waals surface area (Å²) >= 11 is 1.54. The fraction of sp³-hybridized carbons (Fsp3) is 0.304. The van der Waals surface area contributed by atoms with E-state index in [0.717, 1.165) is 22.5 Å². The Hall–Kier alpha value is -2.90. The molecule has 7 heteroatoms. The zero-order chi connectivity index (χ0) is 21.2. The van der Waals surface area contributed by atoms with E-state index in [1.165, 1.54) is 11.3 Å². The molecule has 158 valence electrons. The van der Waals surface area contributed by atoms with Crippen LogP contribution >= 0.6 is 11.3 Å². The molecular weight excluding hydrogens is 396 g/mol. The summed E-state index contributed by atoms with van der Waals surface area (Å²) in [6.07, 6.45) is 1.73. The second-order valence-corrected chi connectivity index (χ2v) is 8.02. The highest BCUT2D eigenvalue weighted by molar-refractivity contribution is 7.10. The van der Waals surface area contributed by atoms with Gasteiger partial charge < -0.3 is 20.5 Å². The maximum absolute atomic E-state index is 10.7. The average molecular weight is 425 g/mol. The zero-order valence-corrected chi connectivity index (χ0v) is 18.2. The van der Waals surface area contributed by atoms with Gasteiger partial charge in [0.05, 0.1) is 13.1 Å². The summed E-state index contributed by atoms with van der Waals surface area (Å²) < 4.78 is 5.80. The average Bonchev–Trinajstić information content (AvgIpc) is 3.31. The smallest absolute Gasteiger partial charge is 0.213 e. The van der Waals surface area contributed by atoms with Crippen molar-refractivity contribution in [3.05, 3.63) is 82.2 Å². The number of thiophene rings is 1. The number of rotatable bonds is 9. The Morgan fingerprint density at radius 1 is 1.13 bits per heavy atom. The molecule has 0 radical (unpaired) electrons. The van der Waals surface area contributed by atoms with Crippen LogP contribution in [0, 0.1) is 0 Å². The van der Waals surface area contributed by atoms with E-state index in [9.17, 15) is 5.11 Å². The third kappa shape index (κ3) is 6.57. The van der Waals surface area contributed by atoms with E-state index in [0.29, 0.717) is 31.5 Å². The first-order valence-electron chi connectivity index (χ1n) is 9.97. The van der Waals surface area contributed by atoms with Crippen molar-refractivity contribution in [3.8, 4) is 5.88 Å². The molecule has 0 bridgehead atoms. The van der Waals surface area contributed by atoms with E-state index in [4.69, 9.17) is 4.74 Å². The highest BCUT2D eigenvalue weighted by Crippen LogP contribution is 2.24. The molecule has 1 aromatic carbocycles. The van der Waals surface area contributed by atoms with Crippen LogP contribution in [0.4, 0.5) is 0 Å². The minimum Gasteiger partial charge on any atom is -0.473 e. The second kappa shape index (κ2) is 10.8. The number of benzene rings is 1. The van der Waals surface area contributed by atoms with E-state index in [1.807, 2.05) is 66.9 Å². The third-order valence-electron chi connectivity index (χ3n) is 4.44. The number of guanidine groups is 1. The van der Waals surface area contributed by atoms with Crippen LogP contribution in [0.1, 0.15) is 29.9 Å². The molecule has 3 rings (SSSR count). The summed E-state index contributed by atoms with van der Waals surface area (Å²) in [6, 6.07) is 17.7. The summed E-state index contributed by atoms with van der Waals surface area (Å²) in [5.74, 6) is 1.23. The molecule has 0 amide bonds. The second-order valence-electron chi connectivity index (χ2n) is 7.08. The molecule has 1 unspecified atom stereocenters. The van der Waals surface area contributed by atoms with Gasteiger partial charge in [0.25, 0.3) is 0 Å². The Bertz CT molecular complexity index is 927. The highest BCUT2D eigenvalue weighted by Gasteiger charge is 2.24. The topological polar surface area (TPSA) is 78.8 Å². The number of nitrogens with one attached hydrogen (secondary N) is 2. The first kappa shape index (κ1) is 21.8. The lowest BCUT2D eigenvalue weighted by Crippen LogP contribution is -2.44. The molecule has 0 aliphatic carbocycles. The van der Waals surface area contributed by atoms with Crippen molar-refractivity contribution in [2.24, 2.45) is 4.99 Å². The minimum absolute atomic E-state index is 0.362. The van der Waals surface area contributed by atoms with E-state index in [2.05, 4.69) is 20.6 Å². The van der Waals surface area contributed by atoms with E-state index in [1.54, 1.807) is 13.1 Å². The van der Waals surface area contributed by atoms with Crippen LogP contribution < -0.4 is 15.4 Å². The minimum atomic E-state index is -0.959. The van der Waals surface area contributed by atoms with Crippen LogP contribution in [-0.2, 0) is 18.8 Å². The maximum atomic E-state index is 10.7. The molecule has 0 spiro atoms. The van der Waals surface area contributed by atoms with Crippen molar-refractivity contribution >= 4 is 17.3 Å². The molecule has 2 aromatic heterocycles. The number of aromatic nitrogens is 1. The fourth-order valence-electron chi connectivity index (χ4n) is 2.80. The summed E-state index contributed by atoms with van der Waals surface area (Å²) in [7, 11) is 0. The molecule has 1 atom stereocenters. The van der Waals surface area contributed by atoms with Gasteiger partial charge in [-0.3, -0.25) is 0 Å². The molecule has 0 fully saturated rings. The quantitative estimate of drug-likeness (QED) is 0.361. The van der Waals surface area contributed by atoms with Gasteiger partial charge in [0.1, 0.15) is 12.2 Å². The van der Waals surface area contributed by atoms with Gasteiger partial charge in [0.15, 0.2) is 5.96 Å². The molecule has 30 heavy (non-hydrogen) atoms. The van der Waals surface area contributed by atoms with Gasteiger partial charge in [0, 0.05) is 23.7 Å². The third-order valence-corrected chi connectivity index (χ3v) is 5.57. The van der Waals surface area contributed by atoms with Gasteiger partial charge >= 0.3 is 0 Å². The monoisotopic (exact) mass is 424 g/mol. The Balaban J connectivity index is 1.58. The van der Waals surface area contributed by atoms with E-state index in [-0.39, 0.29) is 0 Å². The molecule has 6 nitrogen and oxygen atoms in total. The molecular formula is C23H28N4O2S. The lowest BCUT2D eigenvalue weighted by Gasteiger charge is -2.23. The molecule has 0 aliphatic rings. The molecule has 0 saturated carbocycles. The highest BCUT2D eigenvalue weighted by atomic mass is 32.1. The zero-order valence-electron chi connectivity index (χ0n) is 17.3. The summed E-state index contributed by atoms with van der Waals surface area (Å²) in [4.78, 5) is 9.83. The van der Waals surface area contributed by atoms with Gasteiger partial charge in [0.2, 0.25) is 5.88 Å². The van der Waals surface area contributed by atoms with Crippen LogP contribution in [0.15, 0.2) is 71.2 Å². The van der Waals surface area contributed by atoms with Crippen LogP contribution in [-0.4, -0.2) is 29.1 Å². The molecule has 2 heterocycles. The normalized spacial score (nSPS) is 13.5. The van der Waals surface area contributed by atoms with Gasteiger partial charge in [-0.15, -0.1) is 11.3 Å². The van der Waals surface area contributed by atoms with Crippen molar-refractivity contribution in [2.75, 3.05) is 13.1 Å². The molecule has 3 N–H and O–H groups in total. The van der Waals surface area contributed by atoms with Crippen molar-refractivity contribution in [1.82, 2.24) is 15.6 Å². The summed E-state index contributed by atoms with van der Waals surface area (Å²) in [5, 5.41) is 19.1. The van der Waals surface area contributed by atoms with Crippen LogP contribution in [0.25, 0.3) is 0 Å². The van der Waals surface area contributed by atoms with Crippen LogP contribution in [0.3, 0.4) is 0 Å². The number of aliphatic hydroxyl groups is 1. The Morgan fingerprint density at radius 3 is 2.70 bits per heavy atom. The van der Waals surface area contributed by atoms with Gasteiger partial charge in [-0.1, -0.05) is 36.4 Å². The fourth-order valence-corrected chi connectivity index (χ4v) is 3.59. The molecule has 0 aliphatic heterocycles. The van der Waals surface area contributed by atoms with E-state index < -0.39 is 5.60 Å². The van der Waals surface area contributed by atoms with Crippen LogP contribution in [0.2, 0.25) is 0 Å². The standard InChI is InChI=1S/C23H28N4O2S/c1-3-24-22(27-17-23(2,28)20-10-7-13-30-20)26-15-19-11-12-25-21(14-19)29-16-18-8-5-4-6-9-18/h4-14,28H,3,15-17H2,1-2H3,(H2,24,26,27). The molecule has 3 aromatic rings. The van der Waals surface area contributed by atoms with Crippen molar-refractivity contribution in [1.29, 1.82) is 0 Å². The largest absolute Gasteiger partial charge is 0.473 e. The lowest BCUT2D eigenvalue weighted by molar-refractivity contribution is 0.0655. The van der Waals surface area contributed by atoms with Gasteiger partial charge in [-0.05, 0) is 42.5 Å². The summed E-state index contributed by atoms with van der Waals surface area (Å²) in [5.41, 5.74) is 1.13. The Kier molecular flexibility index (Phi) is 7.82. The van der Waals surface area contributed by atoms with Crippen molar-refractivity contribution in [3.63, 3.8) is 0 Å². The number of pyridine rings is 1. The number of hydrogen-bond acceptors (Lipinski definition) is 5. The maximum Gasteiger partial charge on any atom is 0.213 e. The van der Waals surface area contributed by atoms with Crippen molar-refractivity contribution in [2.45, 2.75) is 32.6 Å². The Labute approximate surface area is 181 Å². The number of aliphatic imine (C=N–C) groups is 1. The predicted octanol–water partition coefficient (Wildman–Crippen LogP) is 3.68. The van der Waals surface area contributed by atoms with Crippen LogP contribution in [0.5, 0.6) is 5.88 Å². The number of hydrogen-bond donors (Lipinski definition) is 3. The first-order chi connectivity index (χ1) is 14.6. The number of ether oxygens (including phenoxy) is 1. The Morgan fingerprint density at radius 2 is 1.97 bits per heavy atom. The van der Waals surface area contributed by atoms with E-state index >= 15 is 0 Å². The van der Waals surface area contributed by atoms with Gasteiger partial charge in [-0.25, -0.2) is 9.98 Å². The predicted molar refractivity (Wildman–Crippen MR) is 122 cm³/mol. The van der Waals surface area contributed by atoms with Gasteiger partial charge in [-0.2, -0.15) is 0 Å². The first-order valence-corrected chi connectivity index (χ1v) is 10.8. The lowest BCUT2D eigenvalue weighted by atomic mass is 10.1.